The first kappa shape index (κ1) is 16.7. The van der Waals surface area contributed by atoms with Gasteiger partial charge in [0.2, 0.25) is 0 Å². The number of hydrogen-bond acceptors (Lipinski definition) is 6. The third kappa shape index (κ3) is 3.33. The van der Waals surface area contributed by atoms with E-state index in [1.807, 2.05) is 6.07 Å². The Morgan fingerprint density at radius 2 is 2.08 bits per heavy atom. The first-order valence-electron chi connectivity index (χ1n) is 8.29. The third-order valence-corrected chi connectivity index (χ3v) is 6.83. The van der Waals surface area contributed by atoms with Gasteiger partial charge >= 0.3 is 0 Å². The highest BCUT2D eigenvalue weighted by atomic mass is 32.2. The number of rotatable bonds is 4. The minimum atomic E-state index is -3.91. The predicted molar refractivity (Wildman–Crippen MR) is 93.2 cm³/mol. The summed E-state index contributed by atoms with van der Waals surface area (Å²) in [6, 6.07) is 5.05. The van der Waals surface area contributed by atoms with Gasteiger partial charge in [-0.3, -0.25) is 4.79 Å². The van der Waals surface area contributed by atoms with Crippen LogP contribution < -0.4 is 4.72 Å². The summed E-state index contributed by atoms with van der Waals surface area (Å²) in [5.41, 5.74) is 2.34. The first-order valence-corrected chi connectivity index (χ1v) is 10.7. The van der Waals surface area contributed by atoms with Crippen molar-refractivity contribution in [3.8, 4) is 0 Å². The Morgan fingerprint density at radius 3 is 2.88 bits per heavy atom. The van der Waals surface area contributed by atoms with E-state index in [-0.39, 0.29) is 16.7 Å². The number of benzene rings is 1. The summed E-state index contributed by atoms with van der Waals surface area (Å²) >= 11 is 1.32. The van der Waals surface area contributed by atoms with Crippen molar-refractivity contribution in [1.29, 1.82) is 0 Å². The van der Waals surface area contributed by atoms with Crippen LogP contribution in [0.1, 0.15) is 52.0 Å². The zero-order valence-corrected chi connectivity index (χ0v) is 15.2. The molecule has 0 unspecified atom stereocenters. The lowest BCUT2D eigenvalue weighted by molar-refractivity contribution is 0.0973. The number of amides is 1. The van der Waals surface area contributed by atoms with Gasteiger partial charge in [0, 0.05) is 12.0 Å². The molecule has 2 heterocycles. The van der Waals surface area contributed by atoms with Crippen molar-refractivity contribution >= 4 is 27.3 Å². The van der Waals surface area contributed by atoms with E-state index < -0.39 is 15.9 Å². The van der Waals surface area contributed by atoms with Gasteiger partial charge in [-0.05, 0) is 55.4 Å². The van der Waals surface area contributed by atoms with Crippen LogP contribution in [-0.2, 0) is 27.6 Å². The molecule has 0 saturated carbocycles. The van der Waals surface area contributed by atoms with Gasteiger partial charge in [0.05, 0.1) is 4.90 Å². The molecule has 132 valence electrons. The van der Waals surface area contributed by atoms with Crippen molar-refractivity contribution in [3.63, 3.8) is 0 Å². The molecular weight excluding hydrogens is 360 g/mol. The van der Waals surface area contributed by atoms with Gasteiger partial charge in [-0.25, -0.2) is 18.1 Å². The van der Waals surface area contributed by atoms with Crippen LogP contribution in [0.3, 0.4) is 0 Å². The summed E-state index contributed by atoms with van der Waals surface area (Å²) in [6.07, 6.45) is 4.66. The number of thiazole rings is 1. The van der Waals surface area contributed by atoms with Crippen molar-refractivity contribution < 1.29 is 17.9 Å². The number of aryl methyl sites for hydroxylation is 2. The third-order valence-electron chi connectivity index (χ3n) is 4.57. The highest BCUT2D eigenvalue weighted by molar-refractivity contribution is 7.90. The maximum atomic E-state index is 12.5. The molecule has 1 amide bonds. The van der Waals surface area contributed by atoms with Gasteiger partial charge in [0.1, 0.15) is 16.8 Å². The molecular formula is C17H18N2O4S2. The molecule has 1 atom stereocenters. The molecule has 6 nitrogen and oxygen atoms in total. The summed E-state index contributed by atoms with van der Waals surface area (Å²) in [5, 5.41) is 2.29. The van der Waals surface area contributed by atoms with Crippen LogP contribution in [0, 0.1) is 0 Å². The Kier molecular flexibility index (Phi) is 4.35. The molecule has 2 aromatic rings. The van der Waals surface area contributed by atoms with Crippen LogP contribution in [0.15, 0.2) is 28.5 Å². The quantitative estimate of drug-likeness (QED) is 0.884. The number of nitrogens with zero attached hydrogens (tertiary/aromatic N) is 1. The average molecular weight is 378 g/mol. The van der Waals surface area contributed by atoms with E-state index in [0.29, 0.717) is 6.61 Å². The van der Waals surface area contributed by atoms with Crippen LogP contribution in [0.25, 0.3) is 0 Å². The summed E-state index contributed by atoms with van der Waals surface area (Å²) < 4.78 is 32.7. The molecule has 1 aliphatic carbocycles. The molecule has 2 aliphatic rings. The van der Waals surface area contributed by atoms with E-state index in [2.05, 4.69) is 9.71 Å². The second-order valence-corrected chi connectivity index (χ2v) is 8.86. The van der Waals surface area contributed by atoms with Gasteiger partial charge in [0.25, 0.3) is 15.9 Å². The minimum Gasteiger partial charge on any atom is -0.371 e. The number of sulfonamides is 1. The number of carbonyl (C=O) groups is 1. The largest absolute Gasteiger partial charge is 0.371 e. The second-order valence-electron chi connectivity index (χ2n) is 6.29. The monoisotopic (exact) mass is 378 g/mol. The van der Waals surface area contributed by atoms with Crippen LogP contribution in [0.5, 0.6) is 0 Å². The molecule has 1 aliphatic heterocycles. The summed E-state index contributed by atoms with van der Waals surface area (Å²) in [4.78, 5) is 16.7. The number of hydrogen-bond donors (Lipinski definition) is 1. The topological polar surface area (TPSA) is 85.4 Å². The van der Waals surface area contributed by atoms with Gasteiger partial charge in [-0.15, -0.1) is 11.3 Å². The average Bonchev–Trinajstić information content (AvgIpc) is 3.32. The van der Waals surface area contributed by atoms with Crippen molar-refractivity contribution in [2.75, 3.05) is 6.61 Å². The van der Waals surface area contributed by atoms with Crippen LogP contribution in [-0.4, -0.2) is 25.9 Å². The number of carbonyl (C=O) groups excluding carboxylic acids is 1. The van der Waals surface area contributed by atoms with E-state index >= 15 is 0 Å². The van der Waals surface area contributed by atoms with E-state index in [1.54, 1.807) is 17.5 Å². The Hall–Kier alpha value is -1.77. The Labute approximate surface area is 150 Å². The smallest absolute Gasteiger partial charge is 0.284 e. The molecule has 1 aromatic carbocycles. The number of aromatic nitrogens is 1. The van der Waals surface area contributed by atoms with Gasteiger partial charge in [0.15, 0.2) is 0 Å². The fourth-order valence-electron chi connectivity index (χ4n) is 3.26. The standard InChI is InChI=1S/C17H18N2O4S2/c20-16(14-10-24-17(18-14)15-5-2-8-23-15)19-25(21,22)13-7-6-11-3-1-4-12(11)9-13/h6-7,9-10,15H,1-5,8H2,(H,19,20)/t15-/m0/s1. The van der Waals surface area contributed by atoms with Gasteiger partial charge in [-0.1, -0.05) is 6.07 Å². The molecule has 4 rings (SSSR count). The highest BCUT2D eigenvalue weighted by Crippen LogP contribution is 2.30. The van der Waals surface area contributed by atoms with Gasteiger partial charge in [-0.2, -0.15) is 0 Å². The maximum absolute atomic E-state index is 12.5. The van der Waals surface area contributed by atoms with Crippen LogP contribution in [0.2, 0.25) is 0 Å². The zero-order chi connectivity index (χ0) is 17.4. The molecule has 0 radical (unpaired) electrons. The van der Waals surface area contributed by atoms with Crippen molar-refractivity contribution in [3.05, 3.63) is 45.4 Å². The Balaban J connectivity index is 1.51. The van der Waals surface area contributed by atoms with E-state index in [0.717, 1.165) is 42.7 Å². The lowest BCUT2D eigenvalue weighted by atomic mass is 10.1. The first-order chi connectivity index (χ1) is 12.0. The van der Waals surface area contributed by atoms with Crippen molar-refractivity contribution in [2.24, 2.45) is 0 Å². The Bertz CT molecular complexity index is 914. The highest BCUT2D eigenvalue weighted by Gasteiger charge is 2.25. The summed E-state index contributed by atoms with van der Waals surface area (Å²) in [7, 11) is -3.91. The van der Waals surface area contributed by atoms with Gasteiger partial charge < -0.3 is 4.74 Å². The summed E-state index contributed by atoms with van der Waals surface area (Å²) in [6.45, 7) is 0.693. The lowest BCUT2D eigenvalue weighted by Crippen LogP contribution is -2.31. The second kappa shape index (κ2) is 6.51. The Morgan fingerprint density at radius 1 is 1.24 bits per heavy atom. The summed E-state index contributed by atoms with van der Waals surface area (Å²) in [5.74, 6) is -0.707. The SMILES string of the molecule is O=C(NS(=O)(=O)c1ccc2c(c1)CCC2)c1csc([C@@H]2CCCO2)n1. The molecule has 8 heteroatoms. The van der Waals surface area contributed by atoms with E-state index in [1.165, 1.54) is 16.9 Å². The lowest BCUT2D eigenvalue weighted by Gasteiger charge is -2.08. The maximum Gasteiger partial charge on any atom is 0.284 e. The molecule has 1 saturated heterocycles. The van der Waals surface area contributed by atoms with E-state index in [4.69, 9.17) is 4.74 Å². The number of fused-ring (bicyclic) bond motifs is 1. The molecule has 0 bridgehead atoms. The number of ether oxygens (including phenoxy) is 1. The van der Waals surface area contributed by atoms with E-state index in [9.17, 15) is 13.2 Å². The fraction of sp³-hybridized carbons (Fsp3) is 0.412. The predicted octanol–water partition coefficient (Wildman–Crippen LogP) is 2.60. The molecule has 1 fully saturated rings. The van der Waals surface area contributed by atoms with Crippen molar-refractivity contribution in [1.82, 2.24) is 9.71 Å². The minimum absolute atomic E-state index is 0.0835. The molecule has 25 heavy (non-hydrogen) atoms. The zero-order valence-electron chi connectivity index (χ0n) is 13.5. The van der Waals surface area contributed by atoms with Crippen molar-refractivity contribution in [2.45, 2.75) is 43.1 Å². The molecule has 1 aromatic heterocycles. The normalized spacial score (nSPS) is 19.8. The molecule has 1 N–H and O–H groups in total. The fourth-order valence-corrected chi connectivity index (χ4v) is 5.15. The molecule has 0 spiro atoms. The van der Waals surface area contributed by atoms with Crippen LogP contribution >= 0.6 is 11.3 Å². The number of nitrogens with one attached hydrogen (secondary N) is 1. The van der Waals surface area contributed by atoms with Crippen LogP contribution in [0.4, 0.5) is 0 Å².